The molecule has 0 saturated heterocycles. The summed E-state index contributed by atoms with van der Waals surface area (Å²) in [5.74, 6) is 0.664. The molecule has 0 aliphatic rings. The van der Waals surface area contributed by atoms with Crippen molar-refractivity contribution in [3.8, 4) is 5.88 Å². The molecule has 0 saturated carbocycles. The Morgan fingerprint density at radius 2 is 2.21 bits per heavy atom. The van der Waals surface area contributed by atoms with Crippen molar-refractivity contribution in [2.24, 2.45) is 0 Å². The van der Waals surface area contributed by atoms with Gasteiger partial charge in [-0.15, -0.1) is 0 Å². The van der Waals surface area contributed by atoms with E-state index in [2.05, 4.69) is 25.8 Å². The van der Waals surface area contributed by atoms with Crippen LogP contribution in [0.4, 0.5) is 0 Å². The third-order valence-electron chi connectivity index (χ3n) is 1.72. The average Bonchev–Trinajstić information content (AvgIpc) is 2.08. The highest BCUT2D eigenvalue weighted by Crippen LogP contribution is 2.22. The van der Waals surface area contributed by atoms with Crippen molar-refractivity contribution < 1.29 is 4.74 Å². The predicted molar refractivity (Wildman–Crippen MR) is 60.7 cm³/mol. The fourth-order valence-corrected chi connectivity index (χ4v) is 1.53. The summed E-state index contributed by atoms with van der Waals surface area (Å²) in [6.07, 6.45) is 1.80. The molecule has 1 aromatic rings. The summed E-state index contributed by atoms with van der Waals surface area (Å²) in [5, 5.41) is 0. The molecule has 1 aromatic heterocycles. The molecular weight excluding hydrogens is 244 g/mol. The molecule has 0 aromatic carbocycles. The van der Waals surface area contributed by atoms with Gasteiger partial charge in [0.1, 0.15) is 6.61 Å². The van der Waals surface area contributed by atoms with Crippen molar-refractivity contribution in [2.75, 3.05) is 27.2 Å². The van der Waals surface area contributed by atoms with Crippen molar-refractivity contribution in [3.05, 3.63) is 22.3 Å². The molecule has 14 heavy (non-hydrogen) atoms. The summed E-state index contributed by atoms with van der Waals surface area (Å²) >= 11 is 3.41. The number of halogens is 1. The number of aromatic nitrogens is 1. The number of ether oxygens (including phenoxy) is 1. The van der Waals surface area contributed by atoms with Crippen LogP contribution < -0.4 is 4.74 Å². The highest BCUT2D eigenvalue weighted by molar-refractivity contribution is 9.10. The Labute approximate surface area is 93.2 Å². The van der Waals surface area contributed by atoms with Crippen LogP contribution in [-0.2, 0) is 0 Å². The largest absolute Gasteiger partial charge is 0.476 e. The molecule has 0 N–H and O–H groups in total. The summed E-state index contributed by atoms with van der Waals surface area (Å²) in [6.45, 7) is 3.55. The maximum atomic E-state index is 5.50. The van der Waals surface area contributed by atoms with Gasteiger partial charge in [-0.3, -0.25) is 0 Å². The Kier molecular flexibility index (Phi) is 4.35. The number of aryl methyl sites for hydroxylation is 1. The standard InChI is InChI=1S/C10H15BrN2O/c1-8-6-9(11)10(12-7-8)14-5-4-13(2)3/h6-7H,4-5H2,1-3H3. The molecule has 0 unspecified atom stereocenters. The van der Waals surface area contributed by atoms with E-state index in [0.717, 1.165) is 16.6 Å². The molecule has 0 fully saturated rings. The lowest BCUT2D eigenvalue weighted by atomic mass is 10.3. The second-order valence-corrected chi connectivity index (χ2v) is 4.31. The fraction of sp³-hybridized carbons (Fsp3) is 0.500. The maximum absolute atomic E-state index is 5.50. The molecule has 4 heteroatoms. The van der Waals surface area contributed by atoms with Gasteiger partial charge in [-0.1, -0.05) is 0 Å². The van der Waals surface area contributed by atoms with E-state index in [1.165, 1.54) is 0 Å². The predicted octanol–water partition coefficient (Wildman–Crippen LogP) is 2.09. The van der Waals surface area contributed by atoms with Gasteiger partial charge in [0.05, 0.1) is 4.47 Å². The Morgan fingerprint density at radius 3 is 2.79 bits per heavy atom. The molecule has 0 aliphatic carbocycles. The van der Waals surface area contributed by atoms with Gasteiger partial charge in [-0.25, -0.2) is 4.98 Å². The topological polar surface area (TPSA) is 25.4 Å². The zero-order valence-electron chi connectivity index (χ0n) is 8.75. The van der Waals surface area contributed by atoms with Crippen LogP contribution in [0.25, 0.3) is 0 Å². The van der Waals surface area contributed by atoms with Gasteiger partial charge < -0.3 is 9.64 Å². The Balaban J connectivity index is 2.51. The molecule has 0 radical (unpaired) electrons. The van der Waals surface area contributed by atoms with Crippen LogP contribution in [0.2, 0.25) is 0 Å². The molecule has 0 bridgehead atoms. The molecule has 78 valence electrons. The molecule has 1 rings (SSSR count). The van der Waals surface area contributed by atoms with E-state index >= 15 is 0 Å². The lowest BCUT2D eigenvalue weighted by molar-refractivity contribution is 0.252. The van der Waals surface area contributed by atoms with Crippen molar-refractivity contribution in [2.45, 2.75) is 6.92 Å². The molecule has 3 nitrogen and oxygen atoms in total. The van der Waals surface area contributed by atoms with E-state index in [0.29, 0.717) is 12.5 Å². The number of hydrogen-bond donors (Lipinski definition) is 0. The zero-order valence-corrected chi connectivity index (χ0v) is 10.3. The van der Waals surface area contributed by atoms with E-state index in [9.17, 15) is 0 Å². The van der Waals surface area contributed by atoms with Gasteiger partial charge in [-0.2, -0.15) is 0 Å². The molecule has 0 amide bonds. The number of pyridine rings is 1. The lowest BCUT2D eigenvalue weighted by Gasteiger charge is -2.11. The highest BCUT2D eigenvalue weighted by Gasteiger charge is 2.02. The highest BCUT2D eigenvalue weighted by atomic mass is 79.9. The van der Waals surface area contributed by atoms with Crippen molar-refractivity contribution >= 4 is 15.9 Å². The van der Waals surface area contributed by atoms with E-state index < -0.39 is 0 Å². The smallest absolute Gasteiger partial charge is 0.227 e. The van der Waals surface area contributed by atoms with Crippen LogP contribution in [0.1, 0.15) is 5.56 Å². The lowest BCUT2D eigenvalue weighted by Crippen LogP contribution is -2.19. The first-order chi connectivity index (χ1) is 6.59. The van der Waals surface area contributed by atoms with Crippen LogP contribution in [0.15, 0.2) is 16.7 Å². The van der Waals surface area contributed by atoms with Crippen molar-refractivity contribution in [1.29, 1.82) is 0 Å². The Bertz CT molecular complexity index is 302. The first-order valence-corrected chi connectivity index (χ1v) is 5.28. The van der Waals surface area contributed by atoms with Gasteiger partial charge in [0, 0.05) is 12.7 Å². The Morgan fingerprint density at radius 1 is 1.50 bits per heavy atom. The van der Waals surface area contributed by atoms with Crippen LogP contribution >= 0.6 is 15.9 Å². The number of hydrogen-bond acceptors (Lipinski definition) is 3. The van der Waals surface area contributed by atoms with E-state index in [1.807, 2.05) is 27.1 Å². The number of rotatable bonds is 4. The van der Waals surface area contributed by atoms with Crippen LogP contribution in [0, 0.1) is 6.92 Å². The fourth-order valence-electron chi connectivity index (χ4n) is 0.952. The minimum absolute atomic E-state index is 0.654. The van der Waals surface area contributed by atoms with Crippen molar-refractivity contribution in [1.82, 2.24) is 9.88 Å². The first-order valence-electron chi connectivity index (χ1n) is 4.49. The Hall–Kier alpha value is -0.610. The second kappa shape index (κ2) is 5.32. The SMILES string of the molecule is Cc1cnc(OCCN(C)C)c(Br)c1. The third kappa shape index (κ3) is 3.64. The average molecular weight is 259 g/mol. The zero-order chi connectivity index (χ0) is 10.6. The van der Waals surface area contributed by atoms with E-state index in [-0.39, 0.29) is 0 Å². The molecule has 0 atom stereocenters. The molecule has 0 spiro atoms. The maximum Gasteiger partial charge on any atom is 0.227 e. The number of nitrogens with zero attached hydrogens (tertiary/aromatic N) is 2. The third-order valence-corrected chi connectivity index (χ3v) is 2.29. The summed E-state index contributed by atoms with van der Waals surface area (Å²) < 4.78 is 6.42. The second-order valence-electron chi connectivity index (χ2n) is 3.45. The van der Waals surface area contributed by atoms with Crippen LogP contribution in [-0.4, -0.2) is 37.1 Å². The van der Waals surface area contributed by atoms with Gasteiger partial charge in [0.15, 0.2) is 0 Å². The minimum atomic E-state index is 0.654. The molecule has 0 aliphatic heterocycles. The summed E-state index contributed by atoms with van der Waals surface area (Å²) in [6, 6.07) is 2.00. The summed E-state index contributed by atoms with van der Waals surface area (Å²) in [5.41, 5.74) is 1.12. The molecule has 1 heterocycles. The van der Waals surface area contributed by atoms with E-state index in [1.54, 1.807) is 6.20 Å². The normalized spacial score (nSPS) is 10.6. The van der Waals surface area contributed by atoms with Gasteiger partial charge in [0.25, 0.3) is 0 Å². The summed E-state index contributed by atoms with van der Waals surface area (Å²) in [7, 11) is 4.03. The number of likely N-dealkylation sites (N-methyl/N-ethyl adjacent to an activating group) is 1. The quantitative estimate of drug-likeness (QED) is 0.827. The minimum Gasteiger partial charge on any atom is -0.476 e. The summed E-state index contributed by atoms with van der Waals surface area (Å²) in [4.78, 5) is 6.26. The monoisotopic (exact) mass is 258 g/mol. The van der Waals surface area contributed by atoms with Gasteiger partial charge in [0.2, 0.25) is 5.88 Å². The van der Waals surface area contributed by atoms with E-state index in [4.69, 9.17) is 4.74 Å². The molecular formula is C10H15BrN2O. The first kappa shape index (κ1) is 11.5. The van der Waals surface area contributed by atoms with Gasteiger partial charge in [-0.05, 0) is 48.6 Å². The van der Waals surface area contributed by atoms with Gasteiger partial charge >= 0.3 is 0 Å². The van der Waals surface area contributed by atoms with Crippen molar-refractivity contribution in [3.63, 3.8) is 0 Å². The van der Waals surface area contributed by atoms with Crippen LogP contribution in [0.5, 0.6) is 5.88 Å². The van der Waals surface area contributed by atoms with Crippen LogP contribution in [0.3, 0.4) is 0 Å².